The van der Waals surface area contributed by atoms with Crippen LogP contribution in [-0.4, -0.2) is 47.5 Å². The predicted octanol–water partition coefficient (Wildman–Crippen LogP) is 1.94. The fourth-order valence-corrected chi connectivity index (χ4v) is 3.20. The predicted molar refractivity (Wildman–Crippen MR) is 72.2 cm³/mol. The second-order valence-electron chi connectivity index (χ2n) is 4.73. The van der Waals surface area contributed by atoms with Crippen LogP contribution in [0.1, 0.15) is 33.1 Å². The van der Waals surface area contributed by atoms with E-state index in [0.717, 1.165) is 24.3 Å². The summed E-state index contributed by atoms with van der Waals surface area (Å²) in [5.41, 5.74) is 0. The van der Waals surface area contributed by atoms with Gasteiger partial charge in [0, 0.05) is 24.4 Å². The Bertz CT molecular complexity index is 251. The van der Waals surface area contributed by atoms with Gasteiger partial charge in [-0.2, -0.15) is 0 Å². The van der Waals surface area contributed by atoms with Crippen molar-refractivity contribution in [3.05, 3.63) is 0 Å². The Balaban J connectivity index is 1.70. The van der Waals surface area contributed by atoms with Crippen LogP contribution in [0.4, 0.5) is 0 Å². The van der Waals surface area contributed by atoms with Gasteiger partial charge in [-0.3, -0.25) is 9.89 Å². The second kappa shape index (κ2) is 5.92. The van der Waals surface area contributed by atoms with Crippen LogP contribution >= 0.6 is 11.8 Å². The Morgan fingerprint density at radius 2 is 2.25 bits per heavy atom. The van der Waals surface area contributed by atoms with Gasteiger partial charge in [0.15, 0.2) is 5.17 Å². The van der Waals surface area contributed by atoms with Crippen molar-refractivity contribution >= 4 is 16.9 Å². The first-order chi connectivity index (χ1) is 7.79. The average molecular weight is 241 g/mol. The SMILES string of the molecule is CCN(CCN=C1NC(C)CCS1)C1CC1. The van der Waals surface area contributed by atoms with Crippen molar-refractivity contribution in [1.29, 1.82) is 0 Å². The van der Waals surface area contributed by atoms with E-state index in [1.54, 1.807) is 0 Å². The van der Waals surface area contributed by atoms with E-state index in [0.29, 0.717) is 6.04 Å². The van der Waals surface area contributed by atoms with Gasteiger partial charge in [-0.15, -0.1) is 0 Å². The summed E-state index contributed by atoms with van der Waals surface area (Å²) in [6, 6.07) is 1.47. The molecular weight excluding hydrogens is 218 g/mol. The van der Waals surface area contributed by atoms with Gasteiger partial charge in [0.25, 0.3) is 0 Å². The van der Waals surface area contributed by atoms with Crippen LogP contribution in [0.3, 0.4) is 0 Å². The third-order valence-corrected chi connectivity index (χ3v) is 4.23. The Morgan fingerprint density at radius 1 is 1.44 bits per heavy atom. The van der Waals surface area contributed by atoms with Crippen LogP contribution in [0.2, 0.25) is 0 Å². The van der Waals surface area contributed by atoms with Gasteiger partial charge in [-0.05, 0) is 32.7 Å². The first-order valence-electron chi connectivity index (χ1n) is 6.47. The van der Waals surface area contributed by atoms with Crippen LogP contribution in [0.5, 0.6) is 0 Å². The van der Waals surface area contributed by atoms with Crippen molar-refractivity contribution in [1.82, 2.24) is 10.2 Å². The van der Waals surface area contributed by atoms with E-state index in [4.69, 9.17) is 0 Å². The number of hydrogen-bond donors (Lipinski definition) is 1. The van der Waals surface area contributed by atoms with Crippen molar-refractivity contribution in [3.63, 3.8) is 0 Å². The lowest BCUT2D eigenvalue weighted by Crippen LogP contribution is -2.36. The van der Waals surface area contributed by atoms with E-state index in [9.17, 15) is 0 Å². The van der Waals surface area contributed by atoms with E-state index in [-0.39, 0.29) is 0 Å². The molecule has 1 unspecified atom stereocenters. The summed E-state index contributed by atoms with van der Waals surface area (Å²) >= 11 is 1.87. The van der Waals surface area contributed by atoms with E-state index in [1.807, 2.05) is 11.8 Å². The monoisotopic (exact) mass is 241 g/mol. The smallest absolute Gasteiger partial charge is 0.156 e. The van der Waals surface area contributed by atoms with Crippen LogP contribution < -0.4 is 5.32 Å². The summed E-state index contributed by atoms with van der Waals surface area (Å²) in [5, 5.41) is 4.61. The molecule has 1 saturated heterocycles. The molecule has 4 heteroatoms. The van der Waals surface area contributed by atoms with Gasteiger partial charge in [-0.1, -0.05) is 18.7 Å². The highest BCUT2D eigenvalue weighted by molar-refractivity contribution is 8.13. The largest absolute Gasteiger partial charge is 0.362 e. The molecule has 1 aliphatic carbocycles. The molecule has 2 fully saturated rings. The summed E-state index contributed by atoms with van der Waals surface area (Å²) in [6.45, 7) is 7.74. The molecule has 0 aromatic rings. The Morgan fingerprint density at radius 3 is 2.88 bits per heavy atom. The van der Waals surface area contributed by atoms with Crippen LogP contribution in [0.25, 0.3) is 0 Å². The van der Waals surface area contributed by atoms with E-state index in [2.05, 4.69) is 29.1 Å². The molecule has 2 rings (SSSR count). The molecule has 92 valence electrons. The number of aliphatic imine (C=N–C) groups is 1. The number of thioether (sulfide) groups is 1. The maximum absolute atomic E-state index is 4.66. The number of amidine groups is 1. The van der Waals surface area contributed by atoms with Gasteiger partial charge in [-0.25, -0.2) is 0 Å². The van der Waals surface area contributed by atoms with E-state index in [1.165, 1.54) is 31.6 Å². The first-order valence-corrected chi connectivity index (χ1v) is 7.46. The molecule has 16 heavy (non-hydrogen) atoms. The lowest BCUT2D eigenvalue weighted by molar-refractivity contribution is 0.286. The quantitative estimate of drug-likeness (QED) is 0.797. The standard InChI is InChI=1S/C12H23N3S/c1-3-15(11-4-5-11)8-7-13-12-14-10(2)6-9-16-12/h10-11H,3-9H2,1-2H3,(H,13,14). The Kier molecular flexibility index (Phi) is 4.53. The molecule has 1 aliphatic heterocycles. The minimum absolute atomic E-state index is 0.603. The van der Waals surface area contributed by atoms with Crippen LogP contribution in [0, 0.1) is 0 Å². The summed E-state index contributed by atoms with van der Waals surface area (Å²) in [6.07, 6.45) is 4.05. The summed E-state index contributed by atoms with van der Waals surface area (Å²) < 4.78 is 0. The molecule has 1 atom stereocenters. The minimum Gasteiger partial charge on any atom is -0.362 e. The van der Waals surface area contributed by atoms with Gasteiger partial charge in [0.1, 0.15) is 0 Å². The molecule has 0 spiro atoms. The zero-order valence-electron chi connectivity index (χ0n) is 10.4. The minimum atomic E-state index is 0.603. The molecule has 3 nitrogen and oxygen atoms in total. The number of likely N-dealkylation sites (N-methyl/N-ethyl adjacent to an activating group) is 1. The molecule has 0 radical (unpaired) electrons. The summed E-state index contributed by atoms with van der Waals surface area (Å²) in [5.74, 6) is 1.22. The molecular formula is C12H23N3S. The molecule has 1 saturated carbocycles. The van der Waals surface area contributed by atoms with Crippen molar-refractivity contribution in [2.45, 2.75) is 45.2 Å². The van der Waals surface area contributed by atoms with Gasteiger partial charge >= 0.3 is 0 Å². The highest BCUT2D eigenvalue weighted by atomic mass is 32.2. The molecule has 0 bridgehead atoms. The van der Waals surface area contributed by atoms with Gasteiger partial charge in [0.05, 0.1) is 6.54 Å². The van der Waals surface area contributed by atoms with Crippen LogP contribution in [-0.2, 0) is 0 Å². The van der Waals surface area contributed by atoms with Gasteiger partial charge < -0.3 is 5.32 Å². The third kappa shape index (κ3) is 3.67. The number of nitrogens with one attached hydrogen (secondary N) is 1. The second-order valence-corrected chi connectivity index (χ2v) is 5.81. The zero-order valence-corrected chi connectivity index (χ0v) is 11.2. The van der Waals surface area contributed by atoms with E-state index >= 15 is 0 Å². The van der Waals surface area contributed by atoms with Gasteiger partial charge in [0.2, 0.25) is 0 Å². The topological polar surface area (TPSA) is 27.6 Å². The van der Waals surface area contributed by atoms with E-state index < -0.39 is 0 Å². The average Bonchev–Trinajstić information content (AvgIpc) is 3.08. The lowest BCUT2D eigenvalue weighted by atomic mass is 10.3. The fraction of sp³-hybridized carbons (Fsp3) is 0.917. The molecule has 0 aromatic carbocycles. The molecule has 1 heterocycles. The van der Waals surface area contributed by atoms with Crippen LogP contribution in [0.15, 0.2) is 4.99 Å². The third-order valence-electron chi connectivity index (χ3n) is 3.27. The first kappa shape index (κ1) is 12.2. The Hall–Kier alpha value is -0.220. The van der Waals surface area contributed by atoms with Crippen molar-refractivity contribution in [3.8, 4) is 0 Å². The fourth-order valence-electron chi connectivity index (χ4n) is 2.07. The van der Waals surface area contributed by atoms with Crippen molar-refractivity contribution in [2.75, 3.05) is 25.4 Å². The molecule has 0 amide bonds. The number of rotatable bonds is 5. The molecule has 2 aliphatic rings. The molecule has 1 N–H and O–H groups in total. The number of hydrogen-bond acceptors (Lipinski definition) is 3. The van der Waals surface area contributed by atoms with Crippen molar-refractivity contribution in [2.24, 2.45) is 4.99 Å². The van der Waals surface area contributed by atoms with Crippen molar-refractivity contribution < 1.29 is 0 Å². The normalized spacial score (nSPS) is 28.4. The highest BCUT2D eigenvalue weighted by Gasteiger charge is 2.27. The maximum atomic E-state index is 4.66. The maximum Gasteiger partial charge on any atom is 0.156 e. The lowest BCUT2D eigenvalue weighted by Gasteiger charge is -2.23. The number of nitrogens with zero attached hydrogens (tertiary/aromatic N) is 2. The Labute approximate surface area is 103 Å². The summed E-state index contributed by atoms with van der Waals surface area (Å²) in [4.78, 5) is 7.21. The zero-order chi connectivity index (χ0) is 11.4. The highest BCUT2D eigenvalue weighted by Crippen LogP contribution is 2.26. The molecule has 0 aromatic heterocycles. The summed E-state index contributed by atoms with van der Waals surface area (Å²) in [7, 11) is 0.